The first-order valence-electron chi connectivity index (χ1n) is 7.65. The number of aromatic nitrogens is 3. The number of nitrogens with one attached hydrogen (secondary N) is 1. The maximum atomic E-state index is 5.73. The second-order valence-corrected chi connectivity index (χ2v) is 6.20. The Morgan fingerprint density at radius 2 is 2.05 bits per heavy atom. The summed E-state index contributed by atoms with van der Waals surface area (Å²) in [5, 5.41) is 7.60. The summed E-state index contributed by atoms with van der Waals surface area (Å²) in [6.07, 6.45) is 6.23. The minimum atomic E-state index is 0.586. The fraction of sp³-hybridized carbons (Fsp3) is 0.857. The second-order valence-electron chi connectivity index (χ2n) is 6.20. The number of H-pyrrole nitrogens is 1. The predicted molar refractivity (Wildman–Crippen MR) is 76.1 cm³/mol. The lowest BCUT2D eigenvalue weighted by atomic mass is 9.97. The number of rotatable bonds is 3. The molecule has 1 saturated carbocycles. The van der Waals surface area contributed by atoms with Crippen LogP contribution in [0.5, 0.6) is 0 Å². The van der Waals surface area contributed by atoms with E-state index in [1.165, 1.54) is 32.1 Å². The molecule has 1 aliphatic heterocycles. The fourth-order valence-corrected chi connectivity index (χ4v) is 3.49. The van der Waals surface area contributed by atoms with Crippen molar-refractivity contribution in [3.63, 3.8) is 0 Å². The molecule has 1 aliphatic carbocycles. The molecule has 0 spiro atoms. The van der Waals surface area contributed by atoms with Crippen molar-refractivity contribution >= 4 is 5.95 Å². The van der Waals surface area contributed by atoms with Crippen LogP contribution in [0.4, 0.5) is 5.95 Å². The van der Waals surface area contributed by atoms with E-state index in [-0.39, 0.29) is 0 Å². The average Bonchev–Trinajstić information content (AvgIpc) is 3.07. The van der Waals surface area contributed by atoms with E-state index in [1.54, 1.807) is 0 Å². The van der Waals surface area contributed by atoms with E-state index in [0.29, 0.717) is 11.8 Å². The molecular formula is C14H25N5. The van der Waals surface area contributed by atoms with Gasteiger partial charge < -0.3 is 10.6 Å². The highest BCUT2D eigenvalue weighted by atomic mass is 15.4. The Hall–Kier alpha value is -1.10. The molecule has 3 N–H and O–H groups in total. The summed E-state index contributed by atoms with van der Waals surface area (Å²) in [6, 6.07) is 0. The largest absolute Gasteiger partial charge is 0.340 e. The van der Waals surface area contributed by atoms with Gasteiger partial charge in [0.25, 0.3) is 0 Å². The molecular weight excluding hydrogens is 238 g/mol. The molecule has 2 aliphatic rings. The SMILES string of the molecule is CC1CCCC1c1nc(N2CCC(CN)CC2)n[nH]1. The Balaban J connectivity index is 1.65. The molecule has 3 rings (SSSR count). The molecule has 5 nitrogen and oxygen atoms in total. The highest BCUT2D eigenvalue weighted by molar-refractivity contribution is 5.30. The van der Waals surface area contributed by atoms with Gasteiger partial charge in [-0.15, -0.1) is 5.10 Å². The highest BCUT2D eigenvalue weighted by Crippen LogP contribution is 2.38. The quantitative estimate of drug-likeness (QED) is 0.873. The van der Waals surface area contributed by atoms with Crippen molar-refractivity contribution in [2.75, 3.05) is 24.5 Å². The van der Waals surface area contributed by atoms with E-state index < -0.39 is 0 Å². The fourth-order valence-electron chi connectivity index (χ4n) is 3.49. The molecule has 5 heteroatoms. The second kappa shape index (κ2) is 5.49. The van der Waals surface area contributed by atoms with Gasteiger partial charge in [0.15, 0.2) is 0 Å². The summed E-state index contributed by atoms with van der Waals surface area (Å²) in [7, 11) is 0. The van der Waals surface area contributed by atoms with E-state index in [2.05, 4.69) is 22.0 Å². The van der Waals surface area contributed by atoms with Crippen LogP contribution in [-0.2, 0) is 0 Å². The third kappa shape index (κ3) is 2.61. The van der Waals surface area contributed by atoms with Crippen molar-refractivity contribution in [2.24, 2.45) is 17.6 Å². The Morgan fingerprint density at radius 1 is 1.26 bits per heavy atom. The van der Waals surface area contributed by atoms with Gasteiger partial charge in [-0.3, -0.25) is 5.10 Å². The normalized spacial score (nSPS) is 29.1. The smallest absolute Gasteiger partial charge is 0.244 e. The van der Waals surface area contributed by atoms with Crippen LogP contribution < -0.4 is 10.6 Å². The van der Waals surface area contributed by atoms with Crippen LogP contribution >= 0.6 is 0 Å². The van der Waals surface area contributed by atoms with Crippen LogP contribution in [0.15, 0.2) is 0 Å². The standard InChI is InChI=1S/C14H25N5/c1-10-3-2-4-12(10)13-16-14(18-17-13)19-7-5-11(9-15)6-8-19/h10-12H,2-9,15H2,1H3,(H,16,17,18). The number of aromatic amines is 1. The van der Waals surface area contributed by atoms with Gasteiger partial charge in [-0.2, -0.15) is 4.98 Å². The van der Waals surface area contributed by atoms with E-state index in [1.807, 2.05) is 0 Å². The van der Waals surface area contributed by atoms with Crippen molar-refractivity contribution in [1.29, 1.82) is 0 Å². The number of hydrogen-bond acceptors (Lipinski definition) is 4. The number of nitrogens with two attached hydrogens (primary N) is 1. The average molecular weight is 263 g/mol. The molecule has 0 bridgehead atoms. The molecule has 1 aromatic heterocycles. The Bertz CT molecular complexity index is 408. The van der Waals surface area contributed by atoms with Gasteiger partial charge in [0, 0.05) is 19.0 Å². The van der Waals surface area contributed by atoms with E-state index in [0.717, 1.165) is 37.3 Å². The Kier molecular flexibility index (Phi) is 3.73. The van der Waals surface area contributed by atoms with Gasteiger partial charge in [0.2, 0.25) is 5.95 Å². The minimum absolute atomic E-state index is 0.586. The molecule has 0 radical (unpaired) electrons. The van der Waals surface area contributed by atoms with Gasteiger partial charge in [0.05, 0.1) is 0 Å². The highest BCUT2D eigenvalue weighted by Gasteiger charge is 2.29. The summed E-state index contributed by atoms with van der Waals surface area (Å²) in [5.41, 5.74) is 5.73. The number of hydrogen-bond donors (Lipinski definition) is 2. The lowest BCUT2D eigenvalue weighted by molar-refractivity contribution is 0.411. The minimum Gasteiger partial charge on any atom is -0.340 e. The van der Waals surface area contributed by atoms with Gasteiger partial charge in [-0.05, 0) is 44.1 Å². The molecule has 1 saturated heterocycles. The first kappa shape index (κ1) is 12.9. The molecule has 0 amide bonds. The van der Waals surface area contributed by atoms with Crippen LogP contribution in [0.2, 0.25) is 0 Å². The summed E-state index contributed by atoms with van der Waals surface area (Å²) in [5.74, 6) is 4.00. The van der Waals surface area contributed by atoms with Gasteiger partial charge in [-0.25, -0.2) is 0 Å². The molecule has 2 heterocycles. The lowest BCUT2D eigenvalue weighted by Gasteiger charge is -2.30. The van der Waals surface area contributed by atoms with E-state index in [9.17, 15) is 0 Å². The summed E-state index contributed by atoms with van der Waals surface area (Å²) in [6.45, 7) is 5.22. The van der Waals surface area contributed by atoms with Gasteiger partial charge >= 0.3 is 0 Å². The zero-order chi connectivity index (χ0) is 13.2. The van der Waals surface area contributed by atoms with Crippen molar-refractivity contribution in [2.45, 2.75) is 44.9 Å². The third-order valence-corrected chi connectivity index (χ3v) is 4.93. The summed E-state index contributed by atoms with van der Waals surface area (Å²) < 4.78 is 0. The van der Waals surface area contributed by atoms with Crippen molar-refractivity contribution in [3.05, 3.63) is 5.82 Å². The molecule has 106 valence electrons. The first-order chi connectivity index (χ1) is 9.28. The molecule has 2 fully saturated rings. The van der Waals surface area contributed by atoms with Crippen LogP contribution in [0.25, 0.3) is 0 Å². The maximum Gasteiger partial charge on any atom is 0.244 e. The number of nitrogens with zero attached hydrogens (tertiary/aromatic N) is 3. The summed E-state index contributed by atoms with van der Waals surface area (Å²) in [4.78, 5) is 7.04. The van der Waals surface area contributed by atoms with Crippen LogP contribution in [0.3, 0.4) is 0 Å². The zero-order valence-corrected chi connectivity index (χ0v) is 11.8. The first-order valence-corrected chi connectivity index (χ1v) is 7.65. The van der Waals surface area contributed by atoms with E-state index >= 15 is 0 Å². The molecule has 1 aromatic rings. The monoisotopic (exact) mass is 263 g/mol. The van der Waals surface area contributed by atoms with Crippen LogP contribution in [0.1, 0.15) is 50.8 Å². The number of piperidine rings is 1. The van der Waals surface area contributed by atoms with Gasteiger partial charge in [-0.1, -0.05) is 13.3 Å². The Morgan fingerprint density at radius 3 is 2.68 bits per heavy atom. The van der Waals surface area contributed by atoms with Gasteiger partial charge in [0.1, 0.15) is 5.82 Å². The lowest BCUT2D eigenvalue weighted by Crippen LogP contribution is -2.36. The maximum absolute atomic E-state index is 5.73. The predicted octanol–water partition coefficient (Wildman–Crippen LogP) is 1.88. The molecule has 19 heavy (non-hydrogen) atoms. The Labute approximate surface area is 115 Å². The molecule has 2 atom stereocenters. The molecule has 0 aromatic carbocycles. The topological polar surface area (TPSA) is 70.8 Å². The zero-order valence-electron chi connectivity index (χ0n) is 11.8. The third-order valence-electron chi connectivity index (χ3n) is 4.93. The van der Waals surface area contributed by atoms with Crippen molar-refractivity contribution < 1.29 is 0 Å². The van der Waals surface area contributed by atoms with Crippen molar-refractivity contribution in [1.82, 2.24) is 15.2 Å². The van der Waals surface area contributed by atoms with Crippen molar-refractivity contribution in [3.8, 4) is 0 Å². The van der Waals surface area contributed by atoms with E-state index in [4.69, 9.17) is 10.7 Å². The molecule has 2 unspecified atom stereocenters. The van der Waals surface area contributed by atoms with Crippen LogP contribution in [0, 0.1) is 11.8 Å². The van der Waals surface area contributed by atoms with Crippen LogP contribution in [-0.4, -0.2) is 34.8 Å². The number of anilines is 1. The summed E-state index contributed by atoms with van der Waals surface area (Å²) >= 11 is 0.